The molecule has 21 heavy (non-hydrogen) atoms. The molecule has 0 bridgehead atoms. The van der Waals surface area contributed by atoms with E-state index < -0.39 is 11.4 Å². The molecule has 0 radical (unpaired) electrons. The summed E-state index contributed by atoms with van der Waals surface area (Å²) in [5.74, 6) is -0.829. The quantitative estimate of drug-likeness (QED) is 0.779. The summed E-state index contributed by atoms with van der Waals surface area (Å²) in [5, 5.41) is 12.2. The van der Waals surface area contributed by atoms with E-state index in [0.717, 1.165) is 8.95 Å². The van der Waals surface area contributed by atoms with Crippen LogP contribution in [0.3, 0.4) is 0 Å². The number of hydrogen-bond donors (Lipinski definition) is 2. The summed E-state index contributed by atoms with van der Waals surface area (Å²) in [6.07, 6.45) is 1.02. The predicted octanol–water partition coefficient (Wildman–Crippen LogP) is 3.93. The standard InChI is InChI=1S/C14H16Br2N2O3/c1-2-14(12(19)20)5-6-18(8-14)13(21)17-11-4-3-9(15)7-10(11)16/h3-4,7H,2,5-6,8H2,1H3,(H,17,21)(H,19,20). The van der Waals surface area contributed by atoms with Crippen molar-refractivity contribution in [3.63, 3.8) is 0 Å². The van der Waals surface area contributed by atoms with E-state index in [0.29, 0.717) is 25.1 Å². The molecule has 1 aliphatic rings. The van der Waals surface area contributed by atoms with Crippen molar-refractivity contribution in [3.8, 4) is 0 Å². The van der Waals surface area contributed by atoms with E-state index in [1.807, 2.05) is 19.1 Å². The SMILES string of the molecule is CCC1(C(=O)O)CCN(C(=O)Nc2ccc(Br)cc2Br)C1. The molecule has 1 aromatic carbocycles. The van der Waals surface area contributed by atoms with Gasteiger partial charge in [-0.3, -0.25) is 4.79 Å². The Balaban J connectivity index is 2.07. The minimum Gasteiger partial charge on any atom is -0.481 e. The number of amides is 2. The molecule has 7 heteroatoms. The molecule has 1 atom stereocenters. The fourth-order valence-corrected chi connectivity index (χ4v) is 3.59. The Hall–Kier alpha value is -1.08. The number of benzene rings is 1. The van der Waals surface area contributed by atoms with Crippen molar-refractivity contribution in [1.29, 1.82) is 0 Å². The number of halogens is 2. The van der Waals surface area contributed by atoms with Crippen molar-refractivity contribution in [3.05, 3.63) is 27.1 Å². The monoisotopic (exact) mass is 418 g/mol. The first-order chi connectivity index (χ1) is 9.88. The van der Waals surface area contributed by atoms with Gasteiger partial charge in [0.1, 0.15) is 0 Å². The van der Waals surface area contributed by atoms with Crippen molar-refractivity contribution in [1.82, 2.24) is 4.90 Å². The largest absolute Gasteiger partial charge is 0.481 e. The molecule has 2 N–H and O–H groups in total. The summed E-state index contributed by atoms with van der Waals surface area (Å²) in [4.78, 5) is 25.2. The van der Waals surface area contributed by atoms with Gasteiger partial charge < -0.3 is 15.3 Å². The van der Waals surface area contributed by atoms with Crippen LogP contribution in [-0.2, 0) is 4.79 Å². The van der Waals surface area contributed by atoms with E-state index in [-0.39, 0.29) is 12.6 Å². The van der Waals surface area contributed by atoms with Gasteiger partial charge in [0.05, 0.1) is 11.1 Å². The highest BCUT2D eigenvalue weighted by Gasteiger charge is 2.44. The van der Waals surface area contributed by atoms with Gasteiger partial charge in [-0.05, 0) is 47.0 Å². The molecule has 1 saturated heterocycles. The highest BCUT2D eigenvalue weighted by atomic mass is 79.9. The molecule has 1 unspecified atom stereocenters. The number of aliphatic carboxylic acids is 1. The normalized spacial score (nSPS) is 21.4. The van der Waals surface area contributed by atoms with Crippen LogP contribution in [0.25, 0.3) is 0 Å². The number of carboxylic acid groups (broad SMARTS) is 1. The van der Waals surface area contributed by atoms with Gasteiger partial charge >= 0.3 is 12.0 Å². The average Bonchev–Trinajstić information content (AvgIpc) is 2.88. The highest BCUT2D eigenvalue weighted by Crippen LogP contribution is 2.35. The van der Waals surface area contributed by atoms with Crippen molar-refractivity contribution >= 4 is 49.5 Å². The van der Waals surface area contributed by atoms with Crippen molar-refractivity contribution in [2.24, 2.45) is 5.41 Å². The molecular formula is C14H16Br2N2O3. The molecule has 1 heterocycles. The lowest BCUT2D eigenvalue weighted by Gasteiger charge is -2.23. The second kappa shape index (κ2) is 6.36. The number of nitrogens with one attached hydrogen (secondary N) is 1. The van der Waals surface area contributed by atoms with Gasteiger partial charge in [-0.25, -0.2) is 4.79 Å². The Labute approximate surface area is 140 Å². The van der Waals surface area contributed by atoms with Crippen molar-refractivity contribution < 1.29 is 14.7 Å². The first kappa shape index (κ1) is 16.3. The van der Waals surface area contributed by atoms with Crippen LogP contribution in [0.5, 0.6) is 0 Å². The van der Waals surface area contributed by atoms with Crippen LogP contribution in [0.1, 0.15) is 19.8 Å². The number of carboxylic acids is 1. The number of nitrogens with zero attached hydrogens (tertiary/aromatic N) is 1. The van der Waals surface area contributed by atoms with E-state index in [4.69, 9.17) is 0 Å². The van der Waals surface area contributed by atoms with Crippen LogP contribution in [0.4, 0.5) is 10.5 Å². The number of carbonyl (C=O) groups is 2. The smallest absolute Gasteiger partial charge is 0.321 e. The maximum Gasteiger partial charge on any atom is 0.321 e. The summed E-state index contributed by atoms with van der Waals surface area (Å²) in [5.41, 5.74) is -0.151. The molecule has 0 saturated carbocycles. The van der Waals surface area contributed by atoms with Gasteiger partial charge in [-0.2, -0.15) is 0 Å². The number of rotatable bonds is 3. The van der Waals surface area contributed by atoms with Gasteiger partial charge in [-0.15, -0.1) is 0 Å². The summed E-state index contributed by atoms with van der Waals surface area (Å²) < 4.78 is 1.67. The van der Waals surface area contributed by atoms with E-state index in [9.17, 15) is 14.7 Å². The second-order valence-electron chi connectivity index (χ2n) is 5.16. The number of likely N-dealkylation sites (tertiary alicyclic amines) is 1. The zero-order valence-electron chi connectivity index (χ0n) is 11.5. The molecule has 1 fully saturated rings. The van der Waals surface area contributed by atoms with Crippen LogP contribution < -0.4 is 5.32 Å². The third kappa shape index (κ3) is 3.40. The van der Waals surface area contributed by atoms with E-state index in [2.05, 4.69) is 37.2 Å². The van der Waals surface area contributed by atoms with Crippen LogP contribution in [0.2, 0.25) is 0 Å². The second-order valence-corrected chi connectivity index (χ2v) is 6.93. The lowest BCUT2D eigenvalue weighted by Crippen LogP contribution is -2.38. The van der Waals surface area contributed by atoms with Crippen LogP contribution in [0, 0.1) is 5.41 Å². The zero-order valence-corrected chi connectivity index (χ0v) is 14.7. The van der Waals surface area contributed by atoms with E-state index in [1.165, 1.54) is 0 Å². The minimum absolute atomic E-state index is 0.249. The molecule has 0 aliphatic carbocycles. The molecular weight excluding hydrogens is 404 g/mol. The molecule has 2 amide bonds. The fourth-order valence-electron chi connectivity index (χ4n) is 2.45. The summed E-state index contributed by atoms with van der Waals surface area (Å²) in [6.45, 7) is 2.56. The van der Waals surface area contributed by atoms with Crippen molar-refractivity contribution in [2.75, 3.05) is 18.4 Å². The van der Waals surface area contributed by atoms with Crippen LogP contribution >= 0.6 is 31.9 Å². The molecule has 0 spiro atoms. The van der Waals surface area contributed by atoms with Crippen LogP contribution in [-0.4, -0.2) is 35.1 Å². The summed E-state index contributed by atoms with van der Waals surface area (Å²) in [6, 6.07) is 5.19. The van der Waals surface area contributed by atoms with Gasteiger partial charge in [0, 0.05) is 22.0 Å². The fraction of sp³-hybridized carbons (Fsp3) is 0.429. The zero-order chi connectivity index (χ0) is 15.6. The topological polar surface area (TPSA) is 69.6 Å². The summed E-state index contributed by atoms with van der Waals surface area (Å²) in [7, 11) is 0. The predicted molar refractivity (Wildman–Crippen MR) is 87.4 cm³/mol. The number of anilines is 1. The van der Waals surface area contributed by atoms with Gasteiger partial charge in [0.2, 0.25) is 0 Å². The minimum atomic E-state index is -0.829. The Kier molecular flexibility index (Phi) is 4.93. The van der Waals surface area contributed by atoms with Gasteiger partial charge in [0.25, 0.3) is 0 Å². The highest BCUT2D eigenvalue weighted by molar-refractivity contribution is 9.11. The molecule has 1 aromatic rings. The molecule has 114 valence electrons. The Morgan fingerprint density at radius 1 is 1.43 bits per heavy atom. The maximum absolute atomic E-state index is 12.3. The third-order valence-electron chi connectivity index (χ3n) is 3.94. The Bertz CT molecular complexity index is 579. The maximum atomic E-state index is 12.3. The van der Waals surface area contributed by atoms with Crippen LogP contribution in [0.15, 0.2) is 27.1 Å². The first-order valence-electron chi connectivity index (χ1n) is 6.62. The van der Waals surface area contributed by atoms with Gasteiger partial charge in [-0.1, -0.05) is 22.9 Å². The van der Waals surface area contributed by atoms with E-state index in [1.54, 1.807) is 11.0 Å². The van der Waals surface area contributed by atoms with Gasteiger partial charge in [0.15, 0.2) is 0 Å². The Morgan fingerprint density at radius 3 is 2.67 bits per heavy atom. The number of carbonyl (C=O) groups excluding carboxylic acids is 1. The third-order valence-corrected chi connectivity index (χ3v) is 5.09. The number of hydrogen-bond acceptors (Lipinski definition) is 2. The number of urea groups is 1. The Morgan fingerprint density at radius 2 is 2.14 bits per heavy atom. The lowest BCUT2D eigenvalue weighted by molar-refractivity contribution is -0.148. The van der Waals surface area contributed by atoms with Crippen molar-refractivity contribution in [2.45, 2.75) is 19.8 Å². The lowest BCUT2D eigenvalue weighted by atomic mass is 9.84. The molecule has 0 aromatic heterocycles. The molecule has 1 aliphatic heterocycles. The van der Waals surface area contributed by atoms with E-state index >= 15 is 0 Å². The molecule has 5 nitrogen and oxygen atoms in total. The molecule has 2 rings (SSSR count). The average molecular weight is 420 g/mol. The first-order valence-corrected chi connectivity index (χ1v) is 8.21. The summed E-state index contributed by atoms with van der Waals surface area (Å²) >= 11 is 6.74.